The van der Waals surface area contributed by atoms with Gasteiger partial charge in [-0.3, -0.25) is 0 Å². The van der Waals surface area contributed by atoms with Crippen LogP contribution in [0.15, 0.2) is 134 Å². The Kier molecular flexibility index (Phi) is 6.36. The summed E-state index contributed by atoms with van der Waals surface area (Å²) in [6, 6.07) is 39.7. The molecule has 0 heterocycles. The van der Waals surface area contributed by atoms with Crippen LogP contribution in [0.25, 0.3) is 0 Å². The molecule has 30 heavy (non-hydrogen) atoms. The van der Waals surface area contributed by atoms with Crippen molar-refractivity contribution in [1.82, 2.24) is 0 Å². The van der Waals surface area contributed by atoms with Gasteiger partial charge in [-0.25, -0.2) is 0 Å². The van der Waals surface area contributed by atoms with Gasteiger partial charge in [-0.1, -0.05) is 81.1 Å². The van der Waals surface area contributed by atoms with Crippen molar-refractivity contribution in [2.45, 2.75) is 50.7 Å². The fourth-order valence-electron chi connectivity index (χ4n) is 3.32. The molecule has 0 fully saturated rings. The van der Waals surface area contributed by atoms with Crippen molar-refractivity contribution in [1.29, 1.82) is 0 Å². The third kappa shape index (κ3) is 5.00. The van der Waals surface area contributed by atoms with Gasteiger partial charge in [0.1, 0.15) is 0 Å². The van der Waals surface area contributed by atoms with Gasteiger partial charge in [0.15, 0.2) is 14.7 Å². The van der Waals surface area contributed by atoms with Crippen molar-refractivity contribution in [3.05, 3.63) is 115 Å². The van der Waals surface area contributed by atoms with E-state index in [2.05, 4.69) is 130 Å². The minimum atomic E-state index is -0.114. The molecule has 0 spiro atoms. The highest BCUT2D eigenvalue weighted by atomic mass is 32.2. The topological polar surface area (TPSA) is 0 Å². The maximum Gasteiger partial charge on any atom is 0.166 e. The summed E-state index contributed by atoms with van der Waals surface area (Å²) >= 11 is 1.81. The Labute approximate surface area is 187 Å². The zero-order chi connectivity index (χ0) is 21.0. The Morgan fingerprint density at radius 3 is 1.47 bits per heavy atom. The van der Waals surface area contributed by atoms with E-state index in [4.69, 9.17) is 0 Å². The van der Waals surface area contributed by atoms with Gasteiger partial charge in [0, 0.05) is 9.79 Å². The van der Waals surface area contributed by atoms with Gasteiger partial charge in [0.25, 0.3) is 0 Å². The molecule has 150 valence electrons. The lowest BCUT2D eigenvalue weighted by atomic mass is 9.87. The average Bonchev–Trinajstić information content (AvgIpc) is 2.76. The second kappa shape index (κ2) is 9.16. The van der Waals surface area contributed by atoms with E-state index in [-0.39, 0.29) is 16.3 Å². The zero-order valence-corrected chi connectivity index (χ0v) is 19.3. The fraction of sp³-hybridized carbons (Fsp3) is 0.143. The average molecular weight is 428 g/mol. The molecule has 0 saturated carbocycles. The first-order chi connectivity index (χ1) is 14.5. The minimum absolute atomic E-state index is 0.114. The highest BCUT2D eigenvalue weighted by molar-refractivity contribution is 7.99. The highest BCUT2D eigenvalue weighted by Gasteiger charge is 2.29. The predicted octanol–water partition coefficient (Wildman–Crippen LogP) is 8.23. The van der Waals surface area contributed by atoms with Gasteiger partial charge in [-0.2, -0.15) is 0 Å². The van der Waals surface area contributed by atoms with Crippen LogP contribution < -0.4 is 0 Å². The molecule has 4 aromatic rings. The molecule has 0 amide bonds. The first-order valence-corrected chi connectivity index (χ1v) is 12.3. The van der Waals surface area contributed by atoms with E-state index in [0.717, 1.165) is 0 Å². The van der Waals surface area contributed by atoms with Crippen LogP contribution in [0.4, 0.5) is 0 Å². The molecule has 0 radical (unpaired) electrons. The molecule has 0 N–H and O–H groups in total. The SMILES string of the molecule is CC(C)(C)c1ccc([S+](c2ccccc2)c2ccc(Sc3ccccc3)cc2)cc1. The van der Waals surface area contributed by atoms with Crippen LogP contribution in [0.2, 0.25) is 0 Å². The highest BCUT2D eigenvalue weighted by Crippen LogP contribution is 2.35. The van der Waals surface area contributed by atoms with Crippen LogP contribution in [0.3, 0.4) is 0 Å². The van der Waals surface area contributed by atoms with Crippen molar-refractivity contribution in [3.8, 4) is 0 Å². The molecule has 0 aliphatic rings. The third-order valence-corrected chi connectivity index (χ3v) is 8.22. The Bertz CT molecular complexity index is 1060. The summed E-state index contributed by atoms with van der Waals surface area (Å²) in [5.74, 6) is 0. The largest absolute Gasteiger partial charge is 0.166 e. The summed E-state index contributed by atoms with van der Waals surface area (Å²) in [4.78, 5) is 6.60. The molecule has 0 saturated heterocycles. The lowest BCUT2D eigenvalue weighted by molar-refractivity contribution is 0.589. The summed E-state index contributed by atoms with van der Waals surface area (Å²) < 4.78 is 0. The lowest BCUT2D eigenvalue weighted by Gasteiger charge is -2.19. The number of hydrogen-bond donors (Lipinski definition) is 0. The molecule has 0 bridgehead atoms. The van der Waals surface area contributed by atoms with Crippen LogP contribution in [0.5, 0.6) is 0 Å². The van der Waals surface area contributed by atoms with E-state index in [1.165, 1.54) is 30.0 Å². The lowest BCUT2D eigenvalue weighted by Crippen LogP contribution is -2.11. The first kappa shape index (κ1) is 20.8. The second-order valence-electron chi connectivity index (χ2n) is 8.28. The molecule has 0 nitrogen and oxygen atoms in total. The first-order valence-electron chi connectivity index (χ1n) is 10.2. The van der Waals surface area contributed by atoms with E-state index in [9.17, 15) is 0 Å². The molecular weight excluding hydrogens is 400 g/mol. The van der Waals surface area contributed by atoms with Crippen LogP contribution >= 0.6 is 11.8 Å². The van der Waals surface area contributed by atoms with Gasteiger partial charge in [0.2, 0.25) is 0 Å². The molecule has 4 aromatic carbocycles. The van der Waals surface area contributed by atoms with Gasteiger partial charge in [0.05, 0.1) is 10.9 Å². The summed E-state index contributed by atoms with van der Waals surface area (Å²) in [5, 5.41) is 0. The van der Waals surface area contributed by atoms with Crippen LogP contribution in [-0.2, 0) is 16.3 Å². The van der Waals surface area contributed by atoms with Crippen molar-refractivity contribution < 1.29 is 0 Å². The maximum absolute atomic E-state index is 2.31. The Hall–Kier alpha value is -2.42. The van der Waals surface area contributed by atoms with E-state index < -0.39 is 0 Å². The predicted molar refractivity (Wildman–Crippen MR) is 131 cm³/mol. The molecule has 0 aliphatic heterocycles. The number of benzene rings is 4. The van der Waals surface area contributed by atoms with Crippen LogP contribution in [-0.4, -0.2) is 0 Å². The summed E-state index contributed by atoms with van der Waals surface area (Å²) in [6.07, 6.45) is 0. The van der Waals surface area contributed by atoms with E-state index in [1.807, 2.05) is 11.8 Å². The van der Waals surface area contributed by atoms with Gasteiger partial charge >= 0.3 is 0 Å². The molecular formula is C28H27S2+. The number of rotatable bonds is 5. The normalized spacial score (nSPS) is 12.5. The number of hydrogen-bond acceptors (Lipinski definition) is 1. The Morgan fingerprint density at radius 1 is 0.500 bits per heavy atom. The Morgan fingerprint density at radius 2 is 0.933 bits per heavy atom. The monoisotopic (exact) mass is 427 g/mol. The Balaban J connectivity index is 1.67. The summed E-state index contributed by atoms with van der Waals surface area (Å²) in [5.41, 5.74) is 1.54. The minimum Gasteiger partial charge on any atom is -0.0901 e. The third-order valence-electron chi connectivity index (χ3n) is 4.97. The summed E-state index contributed by atoms with van der Waals surface area (Å²) in [6.45, 7) is 6.80. The molecule has 2 heteroatoms. The van der Waals surface area contributed by atoms with E-state index >= 15 is 0 Å². The fourth-order valence-corrected chi connectivity index (χ4v) is 6.22. The maximum atomic E-state index is 2.31. The standard InChI is InChI=1S/C28H27S2/c1-28(2,3)22-14-18-26(19-15-22)30(25-12-8-5-9-13-25)27-20-16-24(17-21-27)29-23-10-6-4-7-11-23/h4-21H,1-3H3/q+1. The van der Waals surface area contributed by atoms with Crippen molar-refractivity contribution in [2.75, 3.05) is 0 Å². The van der Waals surface area contributed by atoms with Gasteiger partial charge in [-0.15, -0.1) is 0 Å². The van der Waals surface area contributed by atoms with Crippen molar-refractivity contribution in [2.24, 2.45) is 0 Å². The molecule has 1 atom stereocenters. The van der Waals surface area contributed by atoms with E-state index in [0.29, 0.717) is 0 Å². The molecule has 4 rings (SSSR count). The van der Waals surface area contributed by atoms with Gasteiger partial charge < -0.3 is 0 Å². The quantitative estimate of drug-likeness (QED) is 0.289. The van der Waals surface area contributed by atoms with Crippen LogP contribution in [0, 0.1) is 0 Å². The van der Waals surface area contributed by atoms with E-state index in [1.54, 1.807) is 0 Å². The second-order valence-corrected chi connectivity index (χ2v) is 11.5. The van der Waals surface area contributed by atoms with Crippen LogP contribution in [0.1, 0.15) is 26.3 Å². The van der Waals surface area contributed by atoms with Gasteiger partial charge in [-0.05, 0) is 71.6 Å². The zero-order valence-electron chi connectivity index (χ0n) is 17.7. The molecule has 0 aliphatic carbocycles. The van der Waals surface area contributed by atoms with Crippen molar-refractivity contribution in [3.63, 3.8) is 0 Å². The molecule has 0 aromatic heterocycles. The van der Waals surface area contributed by atoms with Crippen molar-refractivity contribution >= 4 is 22.7 Å². The molecule has 1 unspecified atom stereocenters. The summed E-state index contributed by atoms with van der Waals surface area (Å²) in [7, 11) is -0.114. The smallest absolute Gasteiger partial charge is 0.0901 e.